The fraction of sp³-hybridized carbons (Fsp3) is 0.711. The van der Waals surface area contributed by atoms with Crippen LogP contribution < -0.4 is 0 Å². The molecule has 2 aromatic rings. The first-order chi connectivity index (χ1) is 22.5. The summed E-state index contributed by atoms with van der Waals surface area (Å²) >= 11 is 0. The molecule has 276 valence electrons. The molecular weight excluding hydrogens is 601 g/mol. The highest BCUT2D eigenvalue weighted by Gasteiger charge is 2.29. The topological polar surface area (TPSA) is 56.1 Å². The van der Waals surface area contributed by atoms with Crippen LogP contribution in [-0.4, -0.2) is 40.5 Å². The Hall–Kier alpha value is -2.33. The van der Waals surface area contributed by atoms with Crippen molar-refractivity contribution in [2.24, 2.45) is 26.7 Å². The summed E-state index contributed by atoms with van der Waals surface area (Å²) in [5.41, 5.74) is 7.60. The SMILES string of the molecule is CN(Cc1cc(CCC(C)(C)C)cc(CCC(C)(C)C)c1O)[C@H]1CCCC[C@@H]1N=Cc1cc(CCC(C)(C)C)cc(CCC(C)(C)C)c1O. The van der Waals surface area contributed by atoms with Crippen molar-refractivity contribution in [2.45, 2.75) is 179 Å². The minimum absolute atomic E-state index is 0.154. The number of aromatic hydroxyl groups is 2. The third kappa shape index (κ3) is 14.4. The highest BCUT2D eigenvalue weighted by molar-refractivity contribution is 5.84. The Bertz CT molecular complexity index is 1380. The summed E-state index contributed by atoms with van der Waals surface area (Å²) in [6.07, 6.45) is 14.5. The molecule has 2 N–H and O–H groups in total. The van der Waals surface area contributed by atoms with E-state index >= 15 is 0 Å². The van der Waals surface area contributed by atoms with E-state index in [4.69, 9.17) is 4.99 Å². The van der Waals surface area contributed by atoms with Gasteiger partial charge in [-0.2, -0.15) is 0 Å². The van der Waals surface area contributed by atoms with E-state index in [1.165, 1.54) is 24.0 Å². The molecule has 1 aliphatic carbocycles. The van der Waals surface area contributed by atoms with Gasteiger partial charge < -0.3 is 10.2 Å². The zero-order valence-electron chi connectivity index (χ0n) is 34.0. The number of aryl methyl sites for hydroxylation is 4. The Morgan fingerprint density at radius 1 is 0.612 bits per heavy atom. The highest BCUT2D eigenvalue weighted by Crippen LogP contribution is 2.35. The van der Waals surface area contributed by atoms with Crippen LogP contribution in [0.2, 0.25) is 0 Å². The molecule has 4 nitrogen and oxygen atoms in total. The van der Waals surface area contributed by atoms with E-state index in [2.05, 4.69) is 119 Å². The van der Waals surface area contributed by atoms with Crippen LogP contribution in [0.25, 0.3) is 0 Å². The van der Waals surface area contributed by atoms with Gasteiger partial charge in [0.2, 0.25) is 0 Å². The van der Waals surface area contributed by atoms with Crippen molar-refractivity contribution < 1.29 is 10.2 Å². The molecule has 0 heterocycles. The van der Waals surface area contributed by atoms with Crippen LogP contribution in [0.1, 0.15) is 168 Å². The molecule has 4 heteroatoms. The summed E-state index contributed by atoms with van der Waals surface area (Å²) in [5, 5.41) is 23.1. The van der Waals surface area contributed by atoms with Crippen LogP contribution in [0.5, 0.6) is 11.5 Å². The van der Waals surface area contributed by atoms with Gasteiger partial charge in [0.1, 0.15) is 11.5 Å². The summed E-state index contributed by atoms with van der Waals surface area (Å²) < 4.78 is 0. The van der Waals surface area contributed by atoms with Crippen molar-refractivity contribution in [2.75, 3.05) is 7.05 Å². The van der Waals surface area contributed by atoms with Crippen LogP contribution in [0, 0.1) is 21.7 Å². The normalized spacial score (nSPS) is 18.2. The van der Waals surface area contributed by atoms with Gasteiger partial charge in [-0.1, -0.05) is 114 Å². The molecule has 0 bridgehead atoms. The van der Waals surface area contributed by atoms with Crippen LogP contribution in [0.15, 0.2) is 29.3 Å². The minimum Gasteiger partial charge on any atom is -0.507 e. The number of hydrogen-bond donors (Lipinski definition) is 2. The molecule has 1 saturated carbocycles. The van der Waals surface area contributed by atoms with Crippen LogP contribution in [-0.2, 0) is 32.2 Å². The third-order valence-electron chi connectivity index (χ3n) is 10.3. The van der Waals surface area contributed by atoms with Crippen molar-refractivity contribution in [1.29, 1.82) is 0 Å². The van der Waals surface area contributed by atoms with E-state index in [1.54, 1.807) is 0 Å². The summed E-state index contributed by atoms with van der Waals surface area (Å²) in [6.45, 7) is 28.2. The molecular formula is C45H74N2O2. The van der Waals surface area contributed by atoms with E-state index in [9.17, 15) is 10.2 Å². The average Bonchev–Trinajstić information content (AvgIpc) is 2.97. The van der Waals surface area contributed by atoms with E-state index in [0.717, 1.165) is 86.5 Å². The first-order valence-electron chi connectivity index (χ1n) is 19.4. The first kappa shape index (κ1) is 41.1. The Morgan fingerprint density at radius 2 is 1.04 bits per heavy atom. The van der Waals surface area contributed by atoms with Gasteiger partial charge in [0.15, 0.2) is 0 Å². The van der Waals surface area contributed by atoms with Gasteiger partial charge in [-0.25, -0.2) is 0 Å². The molecule has 1 fully saturated rings. The van der Waals surface area contributed by atoms with Crippen LogP contribution >= 0.6 is 0 Å². The van der Waals surface area contributed by atoms with E-state index in [1.807, 2.05) is 6.21 Å². The number of benzene rings is 2. The second-order valence-electron chi connectivity index (χ2n) is 20.3. The number of nitrogens with zero attached hydrogens (tertiary/aromatic N) is 2. The number of hydrogen-bond acceptors (Lipinski definition) is 4. The van der Waals surface area contributed by atoms with Gasteiger partial charge in [0.25, 0.3) is 0 Å². The van der Waals surface area contributed by atoms with Gasteiger partial charge in [0, 0.05) is 29.9 Å². The summed E-state index contributed by atoms with van der Waals surface area (Å²) in [5.74, 6) is 0.874. The van der Waals surface area contributed by atoms with Crippen LogP contribution in [0.4, 0.5) is 0 Å². The number of aliphatic imine (C=N–C) groups is 1. The molecule has 0 unspecified atom stereocenters. The smallest absolute Gasteiger partial charge is 0.127 e. The van der Waals surface area contributed by atoms with Crippen molar-refractivity contribution in [3.63, 3.8) is 0 Å². The second kappa shape index (κ2) is 16.8. The van der Waals surface area contributed by atoms with Gasteiger partial charge in [-0.15, -0.1) is 0 Å². The second-order valence-corrected chi connectivity index (χ2v) is 20.3. The summed E-state index contributed by atoms with van der Waals surface area (Å²) in [6, 6.07) is 9.38. The fourth-order valence-electron chi connectivity index (χ4n) is 6.91. The molecule has 0 aliphatic heterocycles. The predicted octanol–water partition coefficient (Wildman–Crippen LogP) is 11.9. The Labute approximate surface area is 302 Å². The summed E-state index contributed by atoms with van der Waals surface area (Å²) in [4.78, 5) is 7.68. The Morgan fingerprint density at radius 3 is 1.55 bits per heavy atom. The Balaban J connectivity index is 1.89. The number of phenolic OH excluding ortho intramolecular Hbond substituents is 2. The summed E-state index contributed by atoms with van der Waals surface area (Å²) in [7, 11) is 2.21. The van der Waals surface area contributed by atoms with E-state index in [-0.39, 0.29) is 33.7 Å². The van der Waals surface area contributed by atoms with E-state index in [0.29, 0.717) is 18.0 Å². The zero-order valence-corrected chi connectivity index (χ0v) is 34.0. The molecule has 0 spiro atoms. The standard InChI is InChI=1S/C45H74N2O2/c1-42(2,3)22-18-32-26-34(20-24-44(7,8)9)40(48)36(28-32)30-46-38-16-14-15-17-39(38)47(13)31-37-29-33(19-23-43(4,5)6)27-35(41(37)49)21-25-45(10,11)12/h26-30,38-39,48-49H,14-25,31H2,1-13H3/t38-,39-/m0/s1. The number of likely N-dealkylation sites (N-methyl/N-ethyl adjacent to an activating group) is 1. The van der Waals surface area contributed by atoms with E-state index < -0.39 is 0 Å². The maximum Gasteiger partial charge on any atom is 0.127 e. The lowest BCUT2D eigenvalue weighted by molar-refractivity contribution is 0.162. The molecule has 0 saturated heterocycles. The molecule has 1 aliphatic rings. The van der Waals surface area contributed by atoms with Crippen molar-refractivity contribution in [1.82, 2.24) is 4.90 Å². The molecule has 49 heavy (non-hydrogen) atoms. The lowest BCUT2D eigenvalue weighted by Gasteiger charge is -2.36. The lowest BCUT2D eigenvalue weighted by atomic mass is 9.85. The maximum atomic E-state index is 11.6. The van der Waals surface area contributed by atoms with Crippen molar-refractivity contribution in [3.8, 4) is 11.5 Å². The monoisotopic (exact) mass is 675 g/mol. The molecule has 0 aromatic heterocycles. The Kier molecular flexibility index (Phi) is 14.1. The van der Waals surface area contributed by atoms with Crippen molar-refractivity contribution in [3.05, 3.63) is 57.6 Å². The number of phenols is 2. The largest absolute Gasteiger partial charge is 0.507 e. The quantitative estimate of drug-likeness (QED) is 0.208. The molecule has 3 rings (SSSR count). The molecule has 2 atom stereocenters. The van der Waals surface area contributed by atoms with Gasteiger partial charge in [-0.3, -0.25) is 9.89 Å². The van der Waals surface area contributed by atoms with Crippen molar-refractivity contribution >= 4 is 6.21 Å². The molecule has 0 radical (unpaired) electrons. The number of rotatable bonds is 13. The lowest BCUT2D eigenvalue weighted by Crippen LogP contribution is -2.42. The zero-order chi connectivity index (χ0) is 36.8. The first-order valence-corrected chi connectivity index (χ1v) is 19.4. The average molecular weight is 675 g/mol. The molecule has 2 aromatic carbocycles. The van der Waals surface area contributed by atoms with Gasteiger partial charge in [-0.05, 0) is 121 Å². The van der Waals surface area contributed by atoms with Gasteiger partial charge >= 0.3 is 0 Å². The molecule has 0 amide bonds. The highest BCUT2D eigenvalue weighted by atomic mass is 16.3. The maximum absolute atomic E-state index is 11.6. The van der Waals surface area contributed by atoms with Gasteiger partial charge in [0.05, 0.1) is 6.04 Å². The minimum atomic E-state index is 0.154. The third-order valence-corrected chi connectivity index (χ3v) is 10.3. The predicted molar refractivity (Wildman–Crippen MR) is 212 cm³/mol. The fourth-order valence-corrected chi connectivity index (χ4v) is 6.91. The van der Waals surface area contributed by atoms with Crippen LogP contribution in [0.3, 0.4) is 0 Å².